The van der Waals surface area contributed by atoms with Gasteiger partial charge in [-0.05, 0) is 36.6 Å². The Morgan fingerprint density at radius 3 is 2.71 bits per heavy atom. The molecule has 1 aliphatic heterocycles. The minimum absolute atomic E-state index is 0.0979. The molecule has 0 bridgehead atoms. The summed E-state index contributed by atoms with van der Waals surface area (Å²) in [7, 11) is -4.09. The van der Waals surface area contributed by atoms with E-state index >= 15 is 0 Å². The number of halogens is 3. The number of nitrogens with one attached hydrogen (secondary N) is 2. The first-order valence-electron chi connectivity index (χ1n) is 10.3. The second-order valence-electron chi connectivity index (χ2n) is 8.34. The van der Waals surface area contributed by atoms with E-state index in [1.807, 2.05) is 13.0 Å². The molecule has 1 fully saturated rings. The van der Waals surface area contributed by atoms with Crippen LogP contribution in [0.4, 0.5) is 13.2 Å². The van der Waals surface area contributed by atoms with E-state index in [4.69, 9.17) is 6.57 Å². The SMILES string of the molecule is [C-]#[N+]C1(NS(=O)(=O)c2cc(C3=CCNC(C)C3)c3cnn(-c4nnc(C(F)(F)F)s4)c3c2)CC1. The van der Waals surface area contributed by atoms with Gasteiger partial charge in [0, 0.05) is 18.0 Å². The average Bonchev–Trinajstić information content (AvgIpc) is 3.17. The Balaban J connectivity index is 1.69. The molecule has 3 aromatic rings. The van der Waals surface area contributed by atoms with Crippen LogP contribution >= 0.6 is 11.3 Å². The van der Waals surface area contributed by atoms with Gasteiger partial charge in [-0.15, -0.1) is 14.9 Å². The van der Waals surface area contributed by atoms with Gasteiger partial charge in [0.15, 0.2) is 0 Å². The van der Waals surface area contributed by atoms with Gasteiger partial charge in [-0.25, -0.2) is 19.7 Å². The summed E-state index contributed by atoms with van der Waals surface area (Å²) in [6.07, 6.45) is 0.240. The molecule has 2 N–H and O–H groups in total. The lowest BCUT2D eigenvalue weighted by atomic mass is 9.94. The lowest BCUT2D eigenvalue weighted by Gasteiger charge is -2.22. The third-order valence-corrected chi connectivity index (χ3v) is 8.21. The summed E-state index contributed by atoms with van der Waals surface area (Å²) in [5, 5.41) is 13.6. The van der Waals surface area contributed by atoms with Gasteiger partial charge in [0.1, 0.15) is 0 Å². The fourth-order valence-corrected chi connectivity index (χ4v) is 5.93. The van der Waals surface area contributed by atoms with Gasteiger partial charge in [0.25, 0.3) is 5.66 Å². The summed E-state index contributed by atoms with van der Waals surface area (Å²) < 4.78 is 69.3. The highest BCUT2D eigenvalue weighted by atomic mass is 32.2. The maximum atomic E-state index is 13.2. The minimum atomic E-state index is -4.66. The number of benzene rings is 1. The average molecular weight is 510 g/mol. The van der Waals surface area contributed by atoms with E-state index in [0.717, 1.165) is 10.3 Å². The Morgan fingerprint density at radius 1 is 1.32 bits per heavy atom. The first-order chi connectivity index (χ1) is 16.0. The molecule has 1 unspecified atom stereocenters. The van der Waals surface area contributed by atoms with Gasteiger partial charge >= 0.3 is 6.18 Å². The fourth-order valence-electron chi connectivity index (χ4n) is 3.84. The summed E-state index contributed by atoms with van der Waals surface area (Å²) in [6.45, 7) is 9.90. The van der Waals surface area contributed by atoms with Crippen molar-refractivity contribution in [1.29, 1.82) is 0 Å². The molecule has 1 aromatic carbocycles. The zero-order valence-corrected chi connectivity index (χ0v) is 19.4. The monoisotopic (exact) mass is 509 g/mol. The van der Waals surface area contributed by atoms with Gasteiger partial charge in [-0.1, -0.05) is 17.4 Å². The van der Waals surface area contributed by atoms with Crippen LogP contribution in [0.1, 0.15) is 36.8 Å². The lowest BCUT2D eigenvalue weighted by molar-refractivity contribution is -0.138. The minimum Gasteiger partial charge on any atom is -0.310 e. The molecule has 34 heavy (non-hydrogen) atoms. The van der Waals surface area contributed by atoms with Crippen LogP contribution in [-0.4, -0.2) is 46.6 Å². The van der Waals surface area contributed by atoms with Gasteiger partial charge in [-0.3, -0.25) is 4.85 Å². The van der Waals surface area contributed by atoms with Crippen LogP contribution in [0, 0.1) is 6.57 Å². The summed E-state index contributed by atoms with van der Waals surface area (Å²) in [5.74, 6) is 0. The van der Waals surface area contributed by atoms with E-state index in [1.165, 1.54) is 18.3 Å². The van der Waals surface area contributed by atoms with Crippen molar-refractivity contribution >= 4 is 37.8 Å². The van der Waals surface area contributed by atoms with Crippen molar-refractivity contribution in [2.24, 2.45) is 0 Å². The number of rotatable bonds is 5. The summed E-state index contributed by atoms with van der Waals surface area (Å²) >= 11 is 0.315. The van der Waals surface area contributed by atoms with Crippen LogP contribution in [0.5, 0.6) is 0 Å². The summed E-state index contributed by atoms with van der Waals surface area (Å²) in [4.78, 5) is 3.31. The Hall–Kier alpha value is -2.86. The quantitative estimate of drug-likeness (QED) is 0.511. The first kappa shape index (κ1) is 22.9. The smallest absolute Gasteiger partial charge is 0.310 e. The van der Waals surface area contributed by atoms with E-state index in [1.54, 1.807) is 0 Å². The second kappa shape index (κ2) is 7.84. The van der Waals surface area contributed by atoms with Crippen LogP contribution < -0.4 is 10.0 Å². The highest BCUT2D eigenvalue weighted by molar-refractivity contribution is 7.89. The zero-order valence-electron chi connectivity index (χ0n) is 17.7. The van der Waals surface area contributed by atoms with E-state index in [-0.39, 0.29) is 21.6 Å². The van der Waals surface area contributed by atoms with Crippen LogP contribution in [-0.2, 0) is 16.2 Å². The van der Waals surface area contributed by atoms with Crippen molar-refractivity contribution in [3.63, 3.8) is 0 Å². The second-order valence-corrected chi connectivity index (χ2v) is 11.0. The third-order valence-electron chi connectivity index (χ3n) is 5.76. The number of sulfonamides is 1. The standard InChI is InChI=1S/C20H18F3N7O2S2/c1-11-7-12(3-6-25-11)14-8-13(34(31,32)29-19(24-2)4-5-19)9-16-15(14)10-26-30(16)18-28-27-17(33-18)20(21,22)23/h3,8-11,25,29H,4-7H2,1H3. The number of aromatic nitrogens is 4. The molecule has 0 radical (unpaired) electrons. The van der Waals surface area contributed by atoms with Crippen molar-refractivity contribution < 1.29 is 21.6 Å². The Bertz CT molecular complexity index is 1460. The molecule has 1 aliphatic carbocycles. The topological polar surface area (TPSA) is 106 Å². The molecule has 1 atom stereocenters. The number of nitrogens with zero attached hydrogens (tertiary/aromatic N) is 5. The molecule has 0 spiro atoms. The molecule has 14 heteroatoms. The van der Waals surface area contributed by atoms with Crippen LogP contribution in [0.3, 0.4) is 0 Å². The lowest BCUT2D eigenvalue weighted by Crippen LogP contribution is -2.34. The largest absolute Gasteiger partial charge is 0.445 e. The third kappa shape index (κ3) is 4.09. The molecule has 2 aliphatic rings. The molecule has 1 saturated carbocycles. The number of fused-ring (bicyclic) bond motifs is 1. The van der Waals surface area contributed by atoms with Gasteiger partial charge < -0.3 is 5.32 Å². The molecule has 3 heterocycles. The van der Waals surface area contributed by atoms with E-state index in [2.05, 4.69) is 30.2 Å². The van der Waals surface area contributed by atoms with Crippen LogP contribution in [0.15, 0.2) is 29.3 Å². The Labute approximate surface area is 196 Å². The van der Waals surface area contributed by atoms with E-state index < -0.39 is 26.9 Å². The molecular formula is C20H18F3N7O2S2. The first-order valence-corrected chi connectivity index (χ1v) is 12.6. The summed E-state index contributed by atoms with van der Waals surface area (Å²) in [5.41, 5.74) is 0.651. The zero-order chi connectivity index (χ0) is 24.3. The van der Waals surface area contributed by atoms with Gasteiger partial charge in [0.2, 0.25) is 20.2 Å². The van der Waals surface area contributed by atoms with Crippen LogP contribution in [0.25, 0.3) is 26.5 Å². The van der Waals surface area contributed by atoms with E-state index in [0.29, 0.717) is 48.1 Å². The van der Waals surface area contributed by atoms with Crippen molar-refractivity contribution in [2.45, 2.75) is 49.0 Å². The van der Waals surface area contributed by atoms with Crippen molar-refractivity contribution in [1.82, 2.24) is 30.0 Å². The van der Waals surface area contributed by atoms with Crippen molar-refractivity contribution in [3.05, 3.63) is 46.4 Å². The predicted molar refractivity (Wildman–Crippen MR) is 118 cm³/mol. The molecular weight excluding hydrogens is 491 g/mol. The maximum absolute atomic E-state index is 13.2. The molecule has 0 saturated heterocycles. The summed E-state index contributed by atoms with van der Waals surface area (Å²) in [6, 6.07) is 3.02. The highest BCUT2D eigenvalue weighted by Crippen LogP contribution is 2.40. The fraction of sp³-hybridized carbons (Fsp3) is 0.400. The van der Waals surface area contributed by atoms with Gasteiger partial charge in [0.05, 0.1) is 29.5 Å². The number of alkyl halides is 3. The Kier molecular flexibility index (Phi) is 5.28. The van der Waals surface area contributed by atoms with E-state index in [9.17, 15) is 21.6 Å². The predicted octanol–water partition coefficient (Wildman–Crippen LogP) is 3.35. The Morgan fingerprint density at radius 2 is 2.09 bits per heavy atom. The number of hydrogen-bond acceptors (Lipinski definition) is 7. The molecule has 0 amide bonds. The number of hydrogen-bond donors (Lipinski definition) is 2. The molecule has 2 aromatic heterocycles. The maximum Gasteiger partial charge on any atom is 0.445 e. The van der Waals surface area contributed by atoms with Crippen molar-refractivity contribution in [3.8, 4) is 5.13 Å². The molecule has 5 rings (SSSR count). The van der Waals surface area contributed by atoms with Gasteiger partial charge in [-0.2, -0.15) is 18.3 Å². The van der Waals surface area contributed by atoms with Crippen molar-refractivity contribution in [2.75, 3.05) is 6.54 Å². The molecule has 178 valence electrons. The normalized spacial score (nSPS) is 20.2. The molecule has 9 nitrogen and oxygen atoms in total. The van der Waals surface area contributed by atoms with Crippen LogP contribution in [0.2, 0.25) is 0 Å². The highest BCUT2D eigenvalue weighted by Gasteiger charge is 2.54.